The Morgan fingerprint density at radius 2 is 1.72 bits per heavy atom. The molecule has 6 nitrogen and oxygen atoms in total. The van der Waals surface area contributed by atoms with E-state index in [1.807, 2.05) is 50.2 Å². The van der Waals surface area contributed by atoms with Gasteiger partial charge >= 0.3 is 5.97 Å². The number of nitrogens with zero attached hydrogens (tertiary/aromatic N) is 2. The number of amides is 1. The molecule has 0 fully saturated rings. The topological polar surface area (TPSA) is 73.2 Å². The molecule has 3 aromatic rings. The van der Waals surface area contributed by atoms with E-state index in [9.17, 15) is 9.59 Å². The number of rotatable bonds is 7. The summed E-state index contributed by atoms with van der Waals surface area (Å²) in [7, 11) is 0. The molecule has 0 aliphatic carbocycles. The number of hydrogen-bond donors (Lipinski definition) is 1. The first kappa shape index (κ1) is 20.3. The molecular weight excluding hydrogens is 366 g/mol. The SMILES string of the molecule is Cc1ccnn1-c1ccc(C(=O)O[C@H](C)C(=O)NC[C@H](C)c2ccccc2)cc1. The molecule has 2 atom stereocenters. The third kappa shape index (κ3) is 5.10. The first-order chi connectivity index (χ1) is 14.0. The minimum absolute atomic E-state index is 0.168. The van der Waals surface area contributed by atoms with Crippen molar-refractivity contribution in [2.24, 2.45) is 0 Å². The number of ether oxygens (including phenoxy) is 1. The van der Waals surface area contributed by atoms with Gasteiger partial charge in [0.25, 0.3) is 5.91 Å². The van der Waals surface area contributed by atoms with Crippen LogP contribution in [-0.4, -0.2) is 34.3 Å². The van der Waals surface area contributed by atoms with E-state index in [2.05, 4.69) is 10.4 Å². The molecule has 0 bridgehead atoms. The van der Waals surface area contributed by atoms with Crippen molar-refractivity contribution in [3.63, 3.8) is 0 Å². The summed E-state index contributed by atoms with van der Waals surface area (Å²) in [5.74, 6) is -0.682. The van der Waals surface area contributed by atoms with Gasteiger partial charge in [0, 0.05) is 18.4 Å². The maximum atomic E-state index is 12.4. The summed E-state index contributed by atoms with van der Waals surface area (Å²) in [6, 6.07) is 18.8. The lowest BCUT2D eigenvalue weighted by Gasteiger charge is -2.17. The van der Waals surface area contributed by atoms with Gasteiger partial charge in [-0.1, -0.05) is 37.3 Å². The van der Waals surface area contributed by atoms with Crippen molar-refractivity contribution < 1.29 is 14.3 Å². The van der Waals surface area contributed by atoms with Gasteiger partial charge in [0.1, 0.15) is 0 Å². The predicted octanol–water partition coefficient (Wildman–Crippen LogP) is 3.65. The van der Waals surface area contributed by atoms with Gasteiger partial charge in [-0.2, -0.15) is 5.10 Å². The summed E-state index contributed by atoms with van der Waals surface area (Å²) in [5, 5.41) is 7.08. The lowest BCUT2D eigenvalue weighted by atomic mass is 10.0. The zero-order valence-electron chi connectivity index (χ0n) is 16.8. The molecule has 150 valence electrons. The predicted molar refractivity (Wildman–Crippen MR) is 111 cm³/mol. The Morgan fingerprint density at radius 3 is 2.34 bits per heavy atom. The monoisotopic (exact) mass is 391 g/mol. The molecule has 0 radical (unpaired) electrons. The van der Waals surface area contributed by atoms with Crippen molar-refractivity contribution in [2.45, 2.75) is 32.8 Å². The summed E-state index contributed by atoms with van der Waals surface area (Å²) < 4.78 is 7.09. The van der Waals surface area contributed by atoms with Gasteiger partial charge in [-0.3, -0.25) is 4.79 Å². The average molecular weight is 391 g/mol. The summed E-state index contributed by atoms with van der Waals surface area (Å²) >= 11 is 0. The van der Waals surface area contributed by atoms with Crippen LogP contribution in [0.15, 0.2) is 66.9 Å². The van der Waals surface area contributed by atoms with E-state index >= 15 is 0 Å². The van der Waals surface area contributed by atoms with Crippen LogP contribution in [0, 0.1) is 6.92 Å². The van der Waals surface area contributed by atoms with Gasteiger partial charge in [-0.15, -0.1) is 0 Å². The molecular formula is C23H25N3O3. The number of carbonyl (C=O) groups excluding carboxylic acids is 2. The number of aromatic nitrogens is 2. The Kier molecular flexibility index (Phi) is 6.44. The van der Waals surface area contributed by atoms with Crippen molar-refractivity contribution in [1.29, 1.82) is 0 Å². The minimum Gasteiger partial charge on any atom is -0.449 e. The van der Waals surface area contributed by atoms with Gasteiger partial charge in [0.05, 0.1) is 11.3 Å². The lowest BCUT2D eigenvalue weighted by molar-refractivity contribution is -0.129. The largest absolute Gasteiger partial charge is 0.449 e. The van der Waals surface area contributed by atoms with E-state index in [1.54, 1.807) is 42.1 Å². The summed E-state index contributed by atoms with van der Waals surface area (Å²) in [4.78, 5) is 24.7. The quantitative estimate of drug-likeness (QED) is 0.624. The number of nitrogens with one attached hydrogen (secondary N) is 1. The maximum absolute atomic E-state index is 12.4. The van der Waals surface area contributed by atoms with Crippen LogP contribution < -0.4 is 5.32 Å². The highest BCUT2D eigenvalue weighted by Gasteiger charge is 2.19. The first-order valence-electron chi connectivity index (χ1n) is 9.60. The maximum Gasteiger partial charge on any atom is 0.338 e. The van der Waals surface area contributed by atoms with Crippen LogP contribution in [0.2, 0.25) is 0 Å². The lowest BCUT2D eigenvalue weighted by Crippen LogP contribution is -2.37. The number of aryl methyl sites for hydroxylation is 1. The van der Waals surface area contributed by atoms with E-state index in [-0.39, 0.29) is 11.8 Å². The minimum atomic E-state index is -0.876. The van der Waals surface area contributed by atoms with Gasteiger partial charge in [0.2, 0.25) is 0 Å². The molecule has 1 amide bonds. The van der Waals surface area contributed by atoms with Gasteiger partial charge in [-0.05, 0) is 55.7 Å². The van der Waals surface area contributed by atoms with Crippen LogP contribution >= 0.6 is 0 Å². The van der Waals surface area contributed by atoms with Crippen LogP contribution in [-0.2, 0) is 9.53 Å². The fraction of sp³-hybridized carbons (Fsp3) is 0.261. The van der Waals surface area contributed by atoms with Gasteiger partial charge < -0.3 is 10.1 Å². The van der Waals surface area contributed by atoms with Crippen LogP contribution in [0.5, 0.6) is 0 Å². The average Bonchev–Trinajstić information content (AvgIpc) is 3.18. The van der Waals surface area contributed by atoms with Crippen molar-refractivity contribution in [3.05, 3.63) is 83.7 Å². The number of esters is 1. The van der Waals surface area contributed by atoms with Crippen LogP contribution in [0.3, 0.4) is 0 Å². The van der Waals surface area contributed by atoms with E-state index in [0.29, 0.717) is 12.1 Å². The molecule has 3 rings (SSSR count). The second-order valence-corrected chi connectivity index (χ2v) is 7.04. The Morgan fingerprint density at radius 1 is 1.03 bits per heavy atom. The molecule has 0 saturated heterocycles. The zero-order valence-corrected chi connectivity index (χ0v) is 16.8. The summed E-state index contributed by atoms with van der Waals surface area (Å²) in [6.45, 7) is 6.04. The second-order valence-electron chi connectivity index (χ2n) is 7.04. The third-order valence-electron chi connectivity index (χ3n) is 4.78. The molecule has 1 aromatic heterocycles. The normalized spacial score (nSPS) is 12.8. The molecule has 0 aliphatic heterocycles. The first-order valence-corrected chi connectivity index (χ1v) is 9.60. The summed E-state index contributed by atoms with van der Waals surface area (Å²) in [6.07, 6.45) is 0.842. The Bertz CT molecular complexity index is 965. The van der Waals surface area contributed by atoms with E-state index in [0.717, 1.165) is 16.9 Å². The van der Waals surface area contributed by atoms with E-state index in [1.165, 1.54) is 0 Å². The molecule has 0 unspecified atom stereocenters. The van der Waals surface area contributed by atoms with Crippen molar-refractivity contribution in [1.82, 2.24) is 15.1 Å². The molecule has 0 aliphatic rings. The molecule has 29 heavy (non-hydrogen) atoms. The van der Waals surface area contributed by atoms with Gasteiger partial charge in [-0.25, -0.2) is 9.48 Å². The molecule has 0 saturated carbocycles. The van der Waals surface area contributed by atoms with E-state index in [4.69, 9.17) is 4.74 Å². The smallest absolute Gasteiger partial charge is 0.338 e. The van der Waals surface area contributed by atoms with Crippen molar-refractivity contribution in [3.8, 4) is 5.69 Å². The second kappa shape index (κ2) is 9.19. The third-order valence-corrected chi connectivity index (χ3v) is 4.78. The number of hydrogen-bond acceptors (Lipinski definition) is 4. The molecule has 1 heterocycles. The molecule has 2 aromatic carbocycles. The Balaban J connectivity index is 1.53. The Labute approximate surface area is 170 Å². The van der Waals surface area contributed by atoms with E-state index < -0.39 is 12.1 Å². The standard InChI is InChI=1S/C23H25N3O3/c1-16(19-7-5-4-6-8-19)15-24-22(27)18(3)29-23(28)20-9-11-21(12-10-20)26-17(2)13-14-25-26/h4-14,16,18H,15H2,1-3H3,(H,24,27)/t16-,18+/m0/s1. The molecule has 6 heteroatoms. The van der Waals surface area contributed by atoms with Crippen molar-refractivity contribution in [2.75, 3.05) is 6.54 Å². The van der Waals surface area contributed by atoms with Crippen LogP contribution in [0.1, 0.15) is 41.4 Å². The van der Waals surface area contributed by atoms with Gasteiger partial charge in [0.15, 0.2) is 6.10 Å². The highest BCUT2D eigenvalue weighted by atomic mass is 16.5. The highest BCUT2D eigenvalue weighted by molar-refractivity contribution is 5.92. The number of carbonyl (C=O) groups is 2. The molecule has 0 spiro atoms. The Hall–Kier alpha value is -3.41. The molecule has 1 N–H and O–H groups in total. The number of benzene rings is 2. The van der Waals surface area contributed by atoms with Crippen molar-refractivity contribution >= 4 is 11.9 Å². The highest BCUT2D eigenvalue weighted by Crippen LogP contribution is 2.14. The fourth-order valence-electron chi connectivity index (χ4n) is 2.96. The fourth-order valence-corrected chi connectivity index (χ4v) is 2.96. The van der Waals surface area contributed by atoms with Crippen LogP contribution in [0.4, 0.5) is 0 Å². The zero-order chi connectivity index (χ0) is 20.8. The summed E-state index contributed by atoms with van der Waals surface area (Å²) in [5.41, 5.74) is 3.38. The van der Waals surface area contributed by atoms with Crippen LogP contribution in [0.25, 0.3) is 5.69 Å².